The Bertz CT molecular complexity index is 268. The van der Waals surface area contributed by atoms with Crippen molar-refractivity contribution < 1.29 is 8.37 Å². The molecule has 0 aliphatic rings. The molecule has 0 N–H and O–H groups in total. The van der Waals surface area contributed by atoms with Crippen LogP contribution in [0.4, 0.5) is 0 Å². The molecule has 0 unspecified atom stereocenters. The van der Waals surface area contributed by atoms with Crippen molar-refractivity contribution in [3.63, 3.8) is 0 Å². The topological polar surface area (TPSA) is 20.9 Å². The third kappa shape index (κ3) is 7.20. The average Bonchev–Trinajstić information content (AvgIpc) is 2.16. The fourth-order valence-corrected chi connectivity index (χ4v) is 1.13. The van der Waals surface area contributed by atoms with Gasteiger partial charge in [0.1, 0.15) is 6.54 Å². The monoisotopic (exact) mass is 228 g/mol. The molecule has 0 aliphatic carbocycles. The Labute approximate surface area is 96.0 Å². The number of hydrogen-bond donors (Lipinski definition) is 0. The zero-order chi connectivity index (χ0) is 10.8. The van der Waals surface area contributed by atoms with Crippen LogP contribution in [0.25, 0.3) is 0 Å². The van der Waals surface area contributed by atoms with Crippen LogP contribution in [0.15, 0.2) is 24.5 Å². The molecular formula is C10H16AlClNO+. The molecule has 1 rings (SSSR count). The first-order valence-corrected chi connectivity index (χ1v) is 6.95. The number of pyridine rings is 1. The molecular weight excluding hydrogens is 213 g/mol. The second kappa shape index (κ2) is 9.33. The van der Waals surface area contributed by atoms with Crippen molar-refractivity contribution in [2.45, 2.75) is 33.2 Å². The van der Waals surface area contributed by atoms with Gasteiger partial charge in [-0.1, -0.05) is 13.3 Å². The fourth-order valence-electron chi connectivity index (χ4n) is 1.13. The van der Waals surface area contributed by atoms with Gasteiger partial charge in [-0.05, 0) is 13.0 Å². The second-order valence-electron chi connectivity index (χ2n) is 3.06. The summed E-state index contributed by atoms with van der Waals surface area (Å²) in [7, 11) is 4.53. The van der Waals surface area contributed by atoms with Crippen molar-refractivity contribution in [1.29, 1.82) is 0 Å². The SMILES string of the molecule is CCCC[n+]1cccc(C)c1.[O]=[Al][Cl]. The Morgan fingerprint density at radius 1 is 1.57 bits per heavy atom. The molecule has 0 saturated heterocycles. The summed E-state index contributed by atoms with van der Waals surface area (Å²) >= 11 is -1.03. The molecule has 1 aromatic rings. The van der Waals surface area contributed by atoms with E-state index >= 15 is 0 Å². The van der Waals surface area contributed by atoms with Crippen LogP contribution >= 0.6 is 10.0 Å². The minimum atomic E-state index is -1.03. The van der Waals surface area contributed by atoms with Crippen molar-refractivity contribution in [2.24, 2.45) is 0 Å². The molecule has 0 radical (unpaired) electrons. The van der Waals surface area contributed by atoms with Crippen molar-refractivity contribution in [2.75, 3.05) is 0 Å². The zero-order valence-corrected chi connectivity index (χ0v) is 10.7. The van der Waals surface area contributed by atoms with E-state index in [2.05, 4.69) is 53.0 Å². The van der Waals surface area contributed by atoms with E-state index in [-0.39, 0.29) is 0 Å². The van der Waals surface area contributed by atoms with Gasteiger partial charge >= 0.3 is 28.1 Å². The van der Waals surface area contributed by atoms with E-state index in [1.165, 1.54) is 18.4 Å². The molecule has 2 nitrogen and oxygen atoms in total. The Balaban J connectivity index is 0.000000500. The van der Waals surface area contributed by atoms with Gasteiger partial charge in [0.15, 0.2) is 12.4 Å². The van der Waals surface area contributed by atoms with E-state index in [0.717, 1.165) is 6.54 Å². The van der Waals surface area contributed by atoms with Gasteiger partial charge in [-0.25, -0.2) is 4.57 Å². The standard InChI is InChI=1S/C10H16N.Al.ClH.O/c1-3-4-7-11-8-5-6-10(2)9-11;;;/h5-6,8-9H,3-4,7H2,1-2H3;;1H;/q2*+1;;/p-1. The number of aromatic nitrogens is 1. The molecule has 0 bridgehead atoms. The van der Waals surface area contributed by atoms with Crippen LogP contribution in [0, 0.1) is 6.92 Å². The van der Waals surface area contributed by atoms with E-state index in [0.29, 0.717) is 0 Å². The van der Waals surface area contributed by atoms with Gasteiger partial charge in [-0.15, -0.1) is 0 Å². The number of aryl methyl sites for hydroxylation is 2. The van der Waals surface area contributed by atoms with Gasteiger partial charge in [0.25, 0.3) is 0 Å². The van der Waals surface area contributed by atoms with Gasteiger partial charge in [0.2, 0.25) is 0 Å². The van der Waals surface area contributed by atoms with Crippen LogP contribution in [0.3, 0.4) is 0 Å². The molecule has 76 valence electrons. The van der Waals surface area contributed by atoms with Gasteiger partial charge < -0.3 is 0 Å². The Kier molecular flexibility index (Phi) is 9.18. The predicted octanol–water partition coefficient (Wildman–Crippen LogP) is 2.27. The zero-order valence-electron chi connectivity index (χ0n) is 8.74. The van der Waals surface area contributed by atoms with Crippen molar-refractivity contribution in [1.82, 2.24) is 0 Å². The molecule has 0 atom stereocenters. The molecule has 0 saturated carbocycles. The van der Waals surface area contributed by atoms with Crippen LogP contribution < -0.4 is 4.57 Å². The first-order valence-electron chi connectivity index (χ1n) is 4.74. The molecule has 0 aliphatic heterocycles. The summed E-state index contributed by atoms with van der Waals surface area (Å²) in [6.45, 7) is 5.50. The molecule has 14 heavy (non-hydrogen) atoms. The Hall–Kier alpha value is -0.228. The molecule has 0 aromatic carbocycles. The van der Waals surface area contributed by atoms with Crippen LogP contribution in [0.1, 0.15) is 25.3 Å². The first kappa shape index (κ1) is 13.8. The maximum absolute atomic E-state index is 8.78. The minimum absolute atomic E-state index is 1.03. The van der Waals surface area contributed by atoms with Crippen LogP contribution in [-0.2, 0) is 10.3 Å². The average molecular weight is 229 g/mol. The normalized spacial score (nSPS) is 8.50. The molecule has 1 heterocycles. The predicted molar refractivity (Wildman–Crippen MR) is 58.6 cm³/mol. The summed E-state index contributed by atoms with van der Waals surface area (Å²) < 4.78 is 11.0. The van der Waals surface area contributed by atoms with E-state index in [9.17, 15) is 0 Å². The number of hydrogen-bond acceptors (Lipinski definition) is 1. The maximum atomic E-state index is 8.78. The summed E-state index contributed by atoms with van der Waals surface area (Å²) in [6, 6.07) is 4.23. The number of halogens is 1. The third-order valence-corrected chi connectivity index (χ3v) is 1.78. The molecule has 0 spiro atoms. The number of rotatable bonds is 3. The van der Waals surface area contributed by atoms with Crippen molar-refractivity contribution in [3.05, 3.63) is 30.1 Å². The fraction of sp³-hybridized carbons (Fsp3) is 0.500. The Morgan fingerprint density at radius 2 is 2.21 bits per heavy atom. The first-order chi connectivity index (χ1) is 6.74. The van der Waals surface area contributed by atoms with Crippen LogP contribution in [-0.4, -0.2) is 14.2 Å². The molecule has 4 heteroatoms. The molecule has 0 amide bonds. The quantitative estimate of drug-likeness (QED) is 0.574. The Morgan fingerprint density at radius 3 is 2.71 bits per heavy atom. The summed E-state index contributed by atoms with van der Waals surface area (Å²) in [6.07, 6.45) is 6.85. The number of nitrogens with zero attached hydrogens (tertiary/aromatic N) is 1. The van der Waals surface area contributed by atoms with Crippen LogP contribution in [0.5, 0.6) is 0 Å². The van der Waals surface area contributed by atoms with E-state index < -0.39 is 14.2 Å². The van der Waals surface area contributed by atoms with E-state index in [1.807, 2.05) is 0 Å². The van der Waals surface area contributed by atoms with Gasteiger partial charge in [0, 0.05) is 18.1 Å². The third-order valence-electron chi connectivity index (χ3n) is 1.78. The second-order valence-corrected chi connectivity index (χ2v) is 3.77. The van der Waals surface area contributed by atoms with Crippen molar-refractivity contribution >= 4 is 24.3 Å². The number of unbranched alkanes of at least 4 members (excludes halogenated alkanes) is 1. The molecule has 1 aromatic heterocycles. The van der Waals surface area contributed by atoms with Gasteiger partial charge in [-0.3, -0.25) is 0 Å². The summed E-state index contributed by atoms with van der Waals surface area (Å²) in [4.78, 5) is 0. The van der Waals surface area contributed by atoms with Crippen LogP contribution in [0.2, 0.25) is 0 Å². The van der Waals surface area contributed by atoms with E-state index in [4.69, 9.17) is 3.80 Å². The summed E-state index contributed by atoms with van der Waals surface area (Å²) in [5.74, 6) is 0. The van der Waals surface area contributed by atoms with Gasteiger partial charge in [-0.2, -0.15) is 0 Å². The van der Waals surface area contributed by atoms with E-state index in [1.54, 1.807) is 0 Å². The summed E-state index contributed by atoms with van der Waals surface area (Å²) in [5, 5.41) is 0. The molecule has 0 fully saturated rings. The van der Waals surface area contributed by atoms with Gasteiger partial charge in [0.05, 0.1) is 0 Å². The van der Waals surface area contributed by atoms with Crippen molar-refractivity contribution in [3.8, 4) is 0 Å². The summed E-state index contributed by atoms with van der Waals surface area (Å²) in [5.41, 5.74) is 1.34.